The summed E-state index contributed by atoms with van der Waals surface area (Å²) in [5.41, 5.74) is 2.66. The predicted octanol–water partition coefficient (Wildman–Crippen LogP) is 4.44. The first-order chi connectivity index (χ1) is 8.16. The molecule has 0 saturated carbocycles. The van der Waals surface area contributed by atoms with E-state index in [1.165, 1.54) is 16.5 Å². The van der Waals surface area contributed by atoms with E-state index in [1.54, 1.807) is 6.07 Å². The van der Waals surface area contributed by atoms with E-state index in [0.29, 0.717) is 5.75 Å². The Morgan fingerprint density at radius 2 is 2.00 bits per heavy atom. The number of allylic oxidation sites excluding steroid dienone is 2. The smallest absolute Gasteiger partial charge is 0.116 e. The van der Waals surface area contributed by atoms with Gasteiger partial charge in [-0.3, -0.25) is 0 Å². The molecule has 2 rings (SSSR count). The number of fused-ring (bicyclic) bond motifs is 1. The van der Waals surface area contributed by atoms with E-state index in [-0.39, 0.29) is 0 Å². The second kappa shape index (κ2) is 5.05. The second-order valence-electron chi connectivity index (χ2n) is 4.64. The molecule has 0 aliphatic rings. The Labute approximate surface area is 102 Å². The third kappa shape index (κ3) is 2.88. The molecule has 0 heterocycles. The molecule has 0 aliphatic carbocycles. The Hall–Kier alpha value is -1.76. The molecule has 1 N–H and O–H groups in total. The largest absolute Gasteiger partial charge is 0.508 e. The minimum atomic E-state index is 0.340. The topological polar surface area (TPSA) is 20.2 Å². The molecule has 0 saturated heterocycles. The number of phenols is 1. The molecule has 2 aromatic rings. The number of hydrogen-bond donors (Lipinski definition) is 1. The SMILES string of the molecule is CC(C)=CCCc1cccc2ccc(O)cc12. The quantitative estimate of drug-likeness (QED) is 0.767. The van der Waals surface area contributed by atoms with Crippen molar-refractivity contribution in [3.05, 3.63) is 53.6 Å². The van der Waals surface area contributed by atoms with Crippen LogP contribution in [-0.2, 0) is 6.42 Å². The van der Waals surface area contributed by atoms with Crippen molar-refractivity contribution in [3.63, 3.8) is 0 Å². The molecule has 0 atom stereocenters. The summed E-state index contributed by atoms with van der Waals surface area (Å²) in [5, 5.41) is 11.9. The number of aromatic hydroxyl groups is 1. The van der Waals surface area contributed by atoms with Gasteiger partial charge in [-0.25, -0.2) is 0 Å². The Bertz CT molecular complexity index is 548. The van der Waals surface area contributed by atoms with E-state index >= 15 is 0 Å². The molecule has 0 aliphatic heterocycles. The molecular formula is C16H18O. The highest BCUT2D eigenvalue weighted by atomic mass is 16.3. The van der Waals surface area contributed by atoms with E-state index in [1.807, 2.05) is 12.1 Å². The summed E-state index contributed by atoms with van der Waals surface area (Å²) in [6.45, 7) is 4.24. The van der Waals surface area contributed by atoms with Crippen LogP contribution in [0.25, 0.3) is 10.8 Å². The summed E-state index contributed by atoms with van der Waals surface area (Å²) in [4.78, 5) is 0. The summed E-state index contributed by atoms with van der Waals surface area (Å²) in [6.07, 6.45) is 4.32. The first-order valence-corrected chi connectivity index (χ1v) is 6.01. The van der Waals surface area contributed by atoms with Crippen molar-refractivity contribution in [2.24, 2.45) is 0 Å². The average molecular weight is 226 g/mol. The lowest BCUT2D eigenvalue weighted by molar-refractivity contribution is 0.476. The first-order valence-electron chi connectivity index (χ1n) is 6.01. The highest BCUT2D eigenvalue weighted by Crippen LogP contribution is 2.24. The number of hydrogen-bond acceptors (Lipinski definition) is 1. The van der Waals surface area contributed by atoms with Crippen molar-refractivity contribution in [1.29, 1.82) is 0 Å². The summed E-state index contributed by atoms with van der Waals surface area (Å²) >= 11 is 0. The zero-order valence-corrected chi connectivity index (χ0v) is 10.4. The Morgan fingerprint density at radius 1 is 1.18 bits per heavy atom. The van der Waals surface area contributed by atoms with Gasteiger partial charge in [0.2, 0.25) is 0 Å². The van der Waals surface area contributed by atoms with E-state index in [4.69, 9.17) is 0 Å². The average Bonchev–Trinajstić information content (AvgIpc) is 2.29. The van der Waals surface area contributed by atoms with Crippen LogP contribution < -0.4 is 0 Å². The molecule has 0 amide bonds. The summed E-state index contributed by atoms with van der Waals surface area (Å²) in [5.74, 6) is 0.340. The molecular weight excluding hydrogens is 208 g/mol. The van der Waals surface area contributed by atoms with Gasteiger partial charge in [-0.1, -0.05) is 35.9 Å². The van der Waals surface area contributed by atoms with Crippen LogP contribution >= 0.6 is 0 Å². The van der Waals surface area contributed by atoms with Gasteiger partial charge in [-0.05, 0) is 55.2 Å². The molecule has 0 radical (unpaired) electrons. The second-order valence-corrected chi connectivity index (χ2v) is 4.64. The fraction of sp³-hybridized carbons (Fsp3) is 0.250. The standard InChI is InChI=1S/C16H18O/c1-12(2)5-3-6-13-7-4-8-14-9-10-15(17)11-16(13)14/h4-5,7-11,17H,3,6H2,1-2H3. The van der Waals surface area contributed by atoms with Crippen LogP contribution in [0.5, 0.6) is 5.75 Å². The lowest BCUT2D eigenvalue weighted by Crippen LogP contribution is -1.86. The van der Waals surface area contributed by atoms with Gasteiger partial charge >= 0.3 is 0 Å². The maximum Gasteiger partial charge on any atom is 0.116 e. The molecule has 2 aromatic carbocycles. The number of aryl methyl sites for hydroxylation is 1. The molecule has 17 heavy (non-hydrogen) atoms. The van der Waals surface area contributed by atoms with E-state index in [0.717, 1.165) is 18.2 Å². The van der Waals surface area contributed by atoms with E-state index in [2.05, 4.69) is 38.1 Å². The molecule has 0 aromatic heterocycles. The van der Waals surface area contributed by atoms with Crippen molar-refractivity contribution in [2.75, 3.05) is 0 Å². The van der Waals surface area contributed by atoms with Gasteiger partial charge < -0.3 is 5.11 Å². The minimum Gasteiger partial charge on any atom is -0.508 e. The van der Waals surface area contributed by atoms with Crippen LogP contribution in [0.4, 0.5) is 0 Å². The summed E-state index contributed by atoms with van der Waals surface area (Å²) < 4.78 is 0. The van der Waals surface area contributed by atoms with Crippen LogP contribution in [0, 0.1) is 0 Å². The third-order valence-electron chi connectivity index (χ3n) is 2.92. The molecule has 0 fully saturated rings. The van der Waals surface area contributed by atoms with E-state index < -0.39 is 0 Å². The Morgan fingerprint density at radius 3 is 2.76 bits per heavy atom. The highest BCUT2D eigenvalue weighted by molar-refractivity contribution is 5.87. The molecule has 1 nitrogen and oxygen atoms in total. The van der Waals surface area contributed by atoms with Gasteiger partial charge in [0.15, 0.2) is 0 Å². The zero-order chi connectivity index (χ0) is 12.3. The van der Waals surface area contributed by atoms with Crippen molar-refractivity contribution >= 4 is 10.8 Å². The normalized spacial score (nSPS) is 10.5. The number of rotatable bonds is 3. The fourth-order valence-electron chi connectivity index (χ4n) is 2.06. The maximum atomic E-state index is 9.56. The first kappa shape index (κ1) is 11.7. The van der Waals surface area contributed by atoms with Gasteiger partial charge in [0.1, 0.15) is 5.75 Å². The van der Waals surface area contributed by atoms with Gasteiger partial charge in [0, 0.05) is 0 Å². The minimum absolute atomic E-state index is 0.340. The molecule has 0 bridgehead atoms. The lowest BCUT2D eigenvalue weighted by Gasteiger charge is -2.06. The molecule has 0 spiro atoms. The van der Waals surface area contributed by atoms with Gasteiger partial charge in [0.05, 0.1) is 0 Å². The molecule has 0 unspecified atom stereocenters. The maximum absolute atomic E-state index is 9.56. The Balaban J connectivity index is 2.33. The molecule has 1 heteroatoms. The van der Waals surface area contributed by atoms with Crippen LogP contribution in [0.3, 0.4) is 0 Å². The van der Waals surface area contributed by atoms with Crippen LogP contribution in [0.1, 0.15) is 25.8 Å². The molecule has 88 valence electrons. The van der Waals surface area contributed by atoms with Crippen molar-refractivity contribution in [3.8, 4) is 5.75 Å². The van der Waals surface area contributed by atoms with Crippen molar-refractivity contribution in [1.82, 2.24) is 0 Å². The monoisotopic (exact) mass is 226 g/mol. The van der Waals surface area contributed by atoms with Crippen molar-refractivity contribution < 1.29 is 5.11 Å². The van der Waals surface area contributed by atoms with Crippen LogP contribution in [0.15, 0.2) is 48.0 Å². The number of phenolic OH excluding ortho intramolecular Hbond substituents is 1. The van der Waals surface area contributed by atoms with Crippen LogP contribution in [0.2, 0.25) is 0 Å². The van der Waals surface area contributed by atoms with Gasteiger partial charge in [0.25, 0.3) is 0 Å². The Kier molecular flexibility index (Phi) is 3.48. The van der Waals surface area contributed by atoms with Gasteiger partial charge in [-0.15, -0.1) is 0 Å². The fourth-order valence-corrected chi connectivity index (χ4v) is 2.06. The van der Waals surface area contributed by atoms with Crippen LogP contribution in [-0.4, -0.2) is 5.11 Å². The van der Waals surface area contributed by atoms with Gasteiger partial charge in [-0.2, -0.15) is 0 Å². The lowest BCUT2D eigenvalue weighted by atomic mass is 10.0. The van der Waals surface area contributed by atoms with E-state index in [9.17, 15) is 5.11 Å². The third-order valence-corrected chi connectivity index (χ3v) is 2.92. The summed E-state index contributed by atoms with van der Waals surface area (Å²) in [7, 11) is 0. The summed E-state index contributed by atoms with van der Waals surface area (Å²) in [6, 6.07) is 11.9. The highest BCUT2D eigenvalue weighted by Gasteiger charge is 2.01. The van der Waals surface area contributed by atoms with Crippen molar-refractivity contribution in [2.45, 2.75) is 26.7 Å². The predicted molar refractivity (Wildman–Crippen MR) is 73.4 cm³/mol. The zero-order valence-electron chi connectivity index (χ0n) is 10.4. The number of benzene rings is 2.